The van der Waals surface area contributed by atoms with Crippen LogP contribution < -0.4 is 10.9 Å². The molecule has 0 aliphatic heterocycles. The molecule has 0 aliphatic carbocycles. The molecule has 1 unspecified atom stereocenters. The maximum Gasteiger partial charge on any atom is 0.293 e. The predicted octanol–water partition coefficient (Wildman–Crippen LogP) is 0.615. The molecule has 1 aromatic rings. The molecule has 16 heavy (non-hydrogen) atoms. The third-order valence-electron chi connectivity index (χ3n) is 2.11. The molecule has 1 N–H and O–H groups in total. The minimum Gasteiger partial charge on any atom is -0.365 e. The first-order chi connectivity index (χ1) is 7.52. The van der Waals surface area contributed by atoms with Crippen molar-refractivity contribution in [2.45, 2.75) is 19.9 Å². The van der Waals surface area contributed by atoms with Crippen LogP contribution in [0.5, 0.6) is 0 Å². The van der Waals surface area contributed by atoms with E-state index in [0.29, 0.717) is 18.1 Å². The highest BCUT2D eigenvalue weighted by atomic mass is 32.2. The molecule has 5 nitrogen and oxygen atoms in total. The molecule has 0 spiro atoms. The quantitative estimate of drug-likeness (QED) is 0.823. The van der Waals surface area contributed by atoms with Crippen molar-refractivity contribution in [2.75, 3.05) is 23.9 Å². The second-order valence-electron chi connectivity index (χ2n) is 3.79. The molecule has 0 saturated carbocycles. The molecule has 1 rings (SSSR count). The smallest absolute Gasteiger partial charge is 0.293 e. The second-order valence-corrected chi connectivity index (χ2v) is 5.34. The van der Waals surface area contributed by atoms with Gasteiger partial charge in [-0.3, -0.25) is 9.00 Å². The lowest BCUT2D eigenvalue weighted by molar-refractivity contribution is 0.575. The monoisotopic (exact) mass is 243 g/mol. The van der Waals surface area contributed by atoms with Crippen molar-refractivity contribution in [2.24, 2.45) is 0 Å². The van der Waals surface area contributed by atoms with E-state index in [9.17, 15) is 9.00 Å². The van der Waals surface area contributed by atoms with Gasteiger partial charge in [-0.05, 0) is 13.8 Å². The van der Waals surface area contributed by atoms with Crippen molar-refractivity contribution in [1.82, 2.24) is 9.55 Å². The number of hydrogen-bond donors (Lipinski definition) is 1. The van der Waals surface area contributed by atoms with Crippen LogP contribution in [0.1, 0.15) is 19.9 Å². The summed E-state index contributed by atoms with van der Waals surface area (Å²) in [7, 11) is -0.859. The van der Waals surface area contributed by atoms with E-state index in [2.05, 4.69) is 10.3 Å². The van der Waals surface area contributed by atoms with E-state index in [1.165, 1.54) is 0 Å². The molecule has 0 amide bonds. The van der Waals surface area contributed by atoms with Crippen LogP contribution in [0.25, 0.3) is 0 Å². The Labute approximate surface area is 97.4 Å². The largest absolute Gasteiger partial charge is 0.365 e. The van der Waals surface area contributed by atoms with E-state index in [0.717, 1.165) is 0 Å². The molecular weight excluding hydrogens is 226 g/mol. The summed E-state index contributed by atoms with van der Waals surface area (Å²) in [6.45, 7) is 4.37. The topological polar surface area (TPSA) is 64.0 Å². The van der Waals surface area contributed by atoms with Gasteiger partial charge >= 0.3 is 0 Å². The Bertz CT molecular complexity index is 428. The lowest BCUT2D eigenvalue weighted by atomic mass is 10.4. The third kappa shape index (κ3) is 3.44. The van der Waals surface area contributed by atoms with Crippen LogP contribution in [-0.4, -0.2) is 32.3 Å². The number of hydrogen-bond acceptors (Lipinski definition) is 4. The van der Waals surface area contributed by atoms with Gasteiger partial charge in [-0.15, -0.1) is 0 Å². The number of aromatic nitrogens is 2. The molecule has 0 saturated heterocycles. The molecule has 0 radical (unpaired) electrons. The zero-order valence-corrected chi connectivity index (χ0v) is 10.6. The second kappa shape index (κ2) is 5.79. The SMILES string of the molecule is CC(C)n1ccnc(NCCS(C)=O)c1=O. The summed E-state index contributed by atoms with van der Waals surface area (Å²) in [5.74, 6) is 0.833. The molecule has 0 aromatic carbocycles. The average molecular weight is 243 g/mol. The van der Waals surface area contributed by atoms with E-state index in [-0.39, 0.29) is 11.6 Å². The molecule has 0 bridgehead atoms. The minimum absolute atomic E-state index is 0.108. The number of rotatable bonds is 5. The molecule has 6 heteroatoms. The summed E-state index contributed by atoms with van der Waals surface area (Å²) < 4.78 is 12.5. The average Bonchev–Trinajstić information content (AvgIpc) is 2.19. The summed E-state index contributed by atoms with van der Waals surface area (Å²) in [5, 5.41) is 2.90. The predicted molar refractivity (Wildman–Crippen MR) is 66.3 cm³/mol. The van der Waals surface area contributed by atoms with E-state index in [1.807, 2.05) is 13.8 Å². The van der Waals surface area contributed by atoms with Crippen LogP contribution in [0.4, 0.5) is 5.82 Å². The number of nitrogens with one attached hydrogen (secondary N) is 1. The van der Waals surface area contributed by atoms with E-state index >= 15 is 0 Å². The fourth-order valence-electron chi connectivity index (χ4n) is 1.27. The fraction of sp³-hybridized carbons (Fsp3) is 0.600. The van der Waals surface area contributed by atoms with Gasteiger partial charge in [-0.1, -0.05) is 0 Å². The maximum absolute atomic E-state index is 11.8. The van der Waals surface area contributed by atoms with Crippen LogP contribution in [0.15, 0.2) is 17.2 Å². The summed E-state index contributed by atoms with van der Waals surface area (Å²) in [4.78, 5) is 15.8. The van der Waals surface area contributed by atoms with Crippen LogP contribution in [0, 0.1) is 0 Å². The van der Waals surface area contributed by atoms with Gasteiger partial charge < -0.3 is 9.88 Å². The van der Waals surface area contributed by atoms with Crippen molar-refractivity contribution in [1.29, 1.82) is 0 Å². The Hall–Kier alpha value is -1.17. The van der Waals surface area contributed by atoms with E-state index in [1.54, 1.807) is 23.2 Å². The summed E-state index contributed by atoms with van der Waals surface area (Å²) in [6.07, 6.45) is 4.88. The highest BCUT2D eigenvalue weighted by Gasteiger charge is 2.06. The Morgan fingerprint density at radius 1 is 1.56 bits per heavy atom. The normalized spacial score (nSPS) is 12.8. The molecule has 0 fully saturated rings. The van der Waals surface area contributed by atoms with Crippen molar-refractivity contribution in [3.8, 4) is 0 Å². The van der Waals surface area contributed by atoms with E-state index in [4.69, 9.17) is 0 Å². The van der Waals surface area contributed by atoms with Gasteiger partial charge in [0.2, 0.25) is 0 Å². The molecule has 1 atom stereocenters. The van der Waals surface area contributed by atoms with Crippen molar-refractivity contribution < 1.29 is 4.21 Å². The van der Waals surface area contributed by atoms with Crippen LogP contribution in [0.2, 0.25) is 0 Å². The molecule has 1 aromatic heterocycles. The fourth-order valence-corrected chi connectivity index (χ4v) is 1.66. The lowest BCUT2D eigenvalue weighted by Crippen LogP contribution is -2.26. The first kappa shape index (κ1) is 12.9. The van der Waals surface area contributed by atoms with Gasteiger partial charge in [0.05, 0.1) is 0 Å². The van der Waals surface area contributed by atoms with Gasteiger partial charge in [-0.2, -0.15) is 0 Å². The molecule has 0 aliphatic rings. The van der Waals surface area contributed by atoms with Crippen LogP contribution in [-0.2, 0) is 10.8 Å². The van der Waals surface area contributed by atoms with Crippen LogP contribution in [0.3, 0.4) is 0 Å². The van der Waals surface area contributed by atoms with Gasteiger partial charge in [-0.25, -0.2) is 4.98 Å². The Morgan fingerprint density at radius 2 is 2.25 bits per heavy atom. The Kier molecular flexibility index (Phi) is 4.67. The summed E-state index contributed by atoms with van der Waals surface area (Å²) in [6, 6.07) is 0.108. The standard InChI is InChI=1S/C10H17N3O2S/c1-8(2)13-6-4-11-9(10(13)14)12-5-7-16(3)15/h4,6,8H,5,7H2,1-3H3,(H,11,12). The maximum atomic E-state index is 11.8. The summed E-state index contributed by atoms with van der Waals surface area (Å²) in [5.41, 5.74) is -0.139. The van der Waals surface area contributed by atoms with Gasteiger partial charge in [0.15, 0.2) is 5.82 Å². The van der Waals surface area contributed by atoms with Gasteiger partial charge in [0, 0.05) is 47.8 Å². The highest BCUT2D eigenvalue weighted by molar-refractivity contribution is 7.84. The van der Waals surface area contributed by atoms with E-state index < -0.39 is 10.8 Å². The first-order valence-corrected chi connectivity index (χ1v) is 6.86. The Balaban J connectivity index is 2.78. The summed E-state index contributed by atoms with van der Waals surface area (Å²) >= 11 is 0. The van der Waals surface area contributed by atoms with Crippen molar-refractivity contribution in [3.05, 3.63) is 22.7 Å². The van der Waals surface area contributed by atoms with Crippen LogP contribution >= 0.6 is 0 Å². The highest BCUT2D eigenvalue weighted by Crippen LogP contribution is 2.00. The zero-order valence-electron chi connectivity index (χ0n) is 9.77. The van der Waals surface area contributed by atoms with Gasteiger partial charge in [0.1, 0.15) is 0 Å². The molecule has 1 heterocycles. The first-order valence-electron chi connectivity index (χ1n) is 5.13. The number of nitrogens with zero attached hydrogens (tertiary/aromatic N) is 2. The van der Waals surface area contributed by atoms with Crippen molar-refractivity contribution in [3.63, 3.8) is 0 Å². The van der Waals surface area contributed by atoms with Gasteiger partial charge in [0.25, 0.3) is 5.56 Å². The minimum atomic E-state index is -0.859. The lowest BCUT2D eigenvalue weighted by Gasteiger charge is -2.11. The Morgan fingerprint density at radius 3 is 2.81 bits per heavy atom. The molecule has 90 valence electrons. The zero-order chi connectivity index (χ0) is 12.1. The molecular formula is C10H17N3O2S. The van der Waals surface area contributed by atoms with Crippen molar-refractivity contribution >= 4 is 16.6 Å². The number of anilines is 1. The third-order valence-corrected chi connectivity index (χ3v) is 2.89.